The smallest absolute Gasteiger partial charge is 0.242 e. The van der Waals surface area contributed by atoms with Crippen LogP contribution in [0.15, 0.2) is 27.8 Å². The first-order valence-corrected chi connectivity index (χ1v) is 8.68. The van der Waals surface area contributed by atoms with E-state index in [0.29, 0.717) is 11.0 Å². The van der Waals surface area contributed by atoms with Crippen molar-refractivity contribution in [3.8, 4) is 0 Å². The molecule has 2 rings (SSSR count). The first-order valence-electron chi connectivity index (χ1n) is 6.40. The van der Waals surface area contributed by atoms with E-state index in [9.17, 15) is 8.42 Å². The summed E-state index contributed by atoms with van der Waals surface area (Å²) in [5.41, 5.74) is 0. The van der Waals surface area contributed by atoms with Gasteiger partial charge in [0.15, 0.2) is 0 Å². The molecule has 19 heavy (non-hydrogen) atoms. The summed E-state index contributed by atoms with van der Waals surface area (Å²) in [6, 6.07) is 1.55. The van der Waals surface area contributed by atoms with Crippen molar-refractivity contribution in [2.45, 2.75) is 24.2 Å². The average molecular weight is 348 g/mol. The van der Waals surface area contributed by atoms with E-state index in [1.165, 1.54) is 19.0 Å². The molecule has 0 unspecified atom stereocenters. The van der Waals surface area contributed by atoms with Gasteiger partial charge in [0.05, 0.1) is 0 Å². The quantitative estimate of drug-likeness (QED) is 0.794. The highest BCUT2D eigenvalue weighted by Gasteiger charge is 2.15. The van der Waals surface area contributed by atoms with Crippen LogP contribution in [0.25, 0.3) is 0 Å². The minimum absolute atomic E-state index is 0.197. The van der Waals surface area contributed by atoms with Gasteiger partial charge in [0.1, 0.15) is 4.90 Å². The maximum Gasteiger partial charge on any atom is 0.242 e. The van der Waals surface area contributed by atoms with Crippen molar-refractivity contribution in [1.29, 1.82) is 0 Å². The van der Waals surface area contributed by atoms with Gasteiger partial charge in [0.2, 0.25) is 10.0 Å². The first-order chi connectivity index (χ1) is 9.08. The number of pyridine rings is 1. The second-order valence-electron chi connectivity index (χ2n) is 4.64. The lowest BCUT2D eigenvalue weighted by Crippen LogP contribution is -2.28. The summed E-state index contributed by atoms with van der Waals surface area (Å²) in [6.07, 6.45) is 6.27. The van der Waals surface area contributed by atoms with Crippen LogP contribution in [-0.2, 0) is 10.0 Å². The lowest BCUT2D eigenvalue weighted by atomic mass is 10.4. The molecule has 1 N–H and O–H groups in total. The summed E-state index contributed by atoms with van der Waals surface area (Å²) in [5, 5.41) is 0. The minimum Gasteiger partial charge on any atom is -0.303 e. The Labute approximate surface area is 122 Å². The zero-order chi connectivity index (χ0) is 13.7. The Kier molecular flexibility index (Phi) is 5.32. The number of nitrogens with zero attached hydrogens (tertiary/aromatic N) is 2. The Morgan fingerprint density at radius 2 is 2.05 bits per heavy atom. The number of aromatic nitrogens is 1. The van der Waals surface area contributed by atoms with E-state index in [4.69, 9.17) is 0 Å². The largest absolute Gasteiger partial charge is 0.303 e. The summed E-state index contributed by atoms with van der Waals surface area (Å²) in [4.78, 5) is 6.43. The standard InChI is InChI=1S/C12H18BrN3O2S/c13-11-8-12(10-14-9-11)19(17,18)15-4-3-7-16-5-1-2-6-16/h8-10,15H,1-7H2. The number of nitrogens with one attached hydrogen (secondary N) is 1. The van der Waals surface area contributed by atoms with E-state index >= 15 is 0 Å². The summed E-state index contributed by atoms with van der Waals surface area (Å²) >= 11 is 3.22. The highest BCUT2D eigenvalue weighted by Crippen LogP contribution is 2.14. The zero-order valence-corrected chi connectivity index (χ0v) is 13.1. The normalized spacial score (nSPS) is 16.9. The number of likely N-dealkylation sites (tertiary alicyclic amines) is 1. The fourth-order valence-electron chi connectivity index (χ4n) is 2.14. The van der Waals surface area contributed by atoms with E-state index < -0.39 is 10.0 Å². The molecule has 0 atom stereocenters. The summed E-state index contributed by atoms with van der Waals surface area (Å²) in [5.74, 6) is 0. The van der Waals surface area contributed by atoms with Crippen LogP contribution in [0, 0.1) is 0 Å². The molecule has 0 radical (unpaired) electrons. The number of sulfonamides is 1. The molecule has 1 aliphatic rings. The van der Waals surface area contributed by atoms with Crippen LogP contribution in [0.5, 0.6) is 0 Å². The summed E-state index contributed by atoms with van der Waals surface area (Å²) < 4.78 is 27.3. The number of halogens is 1. The van der Waals surface area contributed by atoms with Crippen LogP contribution in [-0.4, -0.2) is 44.5 Å². The summed E-state index contributed by atoms with van der Waals surface area (Å²) in [7, 11) is -3.44. The number of hydrogen-bond acceptors (Lipinski definition) is 4. The Morgan fingerprint density at radius 3 is 2.74 bits per heavy atom. The van der Waals surface area contributed by atoms with Gasteiger partial charge in [0.25, 0.3) is 0 Å². The highest BCUT2D eigenvalue weighted by molar-refractivity contribution is 9.10. The average Bonchev–Trinajstić information content (AvgIpc) is 2.88. The molecule has 1 aromatic heterocycles. The van der Waals surface area contributed by atoms with Crippen molar-refractivity contribution in [3.05, 3.63) is 22.9 Å². The Hall–Kier alpha value is -0.500. The fraction of sp³-hybridized carbons (Fsp3) is 0.583. The molecule has 0 bridgehead atoms. The van der Waals surface area contributed by atoms with Crippen molar-refractivity contribution < 1.29 is 8.42 Å². The maximum absolute atomic E-state index is 12.0. The van der Waals surface area contributed by atoms with E-state index in [1.807, 2.05) is 0 Å². The van der Waals surface area contributed by atoms with E-state index in [1.54, 1.807) is 12.3 Å². The lowest BCUT2D eigenvalue weighted by Gasteiger charge is -2.14. The predicted molar refractivity (Wildman–Crippen MR) is 77.4 cm³/mol. The van der Waals surface area contributed by atoms with Gasteiger partial charge < -0.3 is 4.90 Å². The van der Waals surface area contributed by atoms with Gasteiger partial charge in [-0.1, -0.05) is 0 Å². The molecule has 2 heterocycles. The van der Waals surface area contributed by atoms with Gasteiger partial charge in [-0.3, -0.25) is 4.98 Å². The molecule has 1 aliphatic heterocycles. The van der Waals surface area contributed by atoms with E-state index in [-0.39, 0.29) is 4.90 Å². The SMILES string of the molecule is O=S(=O)(NCCCN1CCCC1)c1cncc(Br)c1. The highest BCUT2D eigenvalue weighted by atomic mass is 79.9. The first kappa shape index (κ1) is 14.9. The molecule has 0 aliphatic carbocycles. The van der Waals surface area contributed by atoms with Crippen LogP contribution >= 0.6 is 15.9 Å². The molecule has 0 spiro atoms. The van der Waals surface area contributed by atoms with Gasteiger partial charge in [-0.25, -0.2) is 13.1 Å². The molecule has 0 amide bonds. The van der Waals surface area contributed by atoms with Crippen LogP contribution in [0.2, 0.25) is 0 Å². The van der Waals surface area contributed by atoms with Crippen LogP contribution in [0.3, 0.4) is 0 Å². The van der Waals surface area contributed by atoms with Gasteiger partial charge in [-0.2, -0.15) is 0 Å². The van der Waals surface area contributed by atoms with Crippen molar-refractivity contribution in [2.75, 3.05) is 26.2 Å². The van der Waals surface area contributed by atoms with Crippen LogP contribution in [0.1, 0.15) is 19.3 Å². The Bertz CT molecular complexity index is 515. The molecule has 1 fully saturated rings. The van der Waals surface area contributed by atoms with Crippen LogP contribution < -0.4 is 4.72 Å². The maximum atomic E-state index is 12.0. The second kappa shape index (κ2) is 6.78. The molecule has 0 saturated carbocycles. The Balaban J connectivity index is 1.80. The molecule has 1 aromatic rings. The molecular formula is C12H18BrN3O2S. The molecule has 106 valence electrons. The van der Waals surface area contributed by atoms with Gasteiger partial charge in [0, 0.05) is 23.4 Å². The third-order valence-electron chi connectivity index (χ3n) is 3.13. The van der Waals surface area contributed by atoms with Crippen molar-refractivity contribution in [3.63, 3.8) is 0 Å². The van der Waals surface area contributed by atoms with E-state index in [0.717, 1.165) is 26.1 Å². The third kappa shape index (κ3) is 4.52. The van der Waals surface area contributed by atoms with Crippen LogP contribution in [0.4, 0.5) is 0 Å². The molecule has 5 nitrogen and oxygen atoms in total. The molecular weight excluding hydrogens is 330 g/mol. The van der Waals surface area contributed by atoms with Crippen molar-refractivity contribution in [1.82, 2.24) is 14.6 Å². The number of rotatable bonds is 6. The fourth-order valence-corrected chi connectivity index (χ4v) is 3.72. The predicted octanol–water partition coefficient (Wildman–Crippen LogP) is 1.61. The van der Waals surface area contributed by atoms with Gasteiger partial charge in [-0.05, 0) is 60.9 Å². The molecule has 0 aromatic carbocycles. The van der Waals surface area contributed by atoms with Crippen molar-refractivity contribution >= 4 is 26.0 Å². The van der Waals surface area contributed by atoms with Gasteiger partial charge in [-0.15, -0.1) is 0 Å². The monoisotopic (exact) mass is 347 g/mol. The minimum atomic E-state index is -3.44. The Morgan fingerprint density at radius 1 is 1.32 bits per heavy atom. The van der Waals surface area contributed by atoms with Gasteiger partial charge >= 0.3 is 0 Å². The number of hydrogen-bond donors (Lipinski definition) is 1. The second-order valence-corrected chi connectivity index (χ2v) is 7.32. The lowest BCUT2D eigenvalue weighted by molar-refractivity contribution is 0.334. The summed E-state index contributed by atoms with van der Waals surface area (Å²) in [6.45, 7) is 3.70. The topological polar surface area (TPSA) is 62.3 Å². The molecule has 1 saturated heterocycles. The van der Waals surface area contributed by atoms with Crippen molar-refractivity contribution in [2.24, 2.45) is 0 Å². The van der Waals surface area contributed by atoms with E-state index in [2.05, 4.69) is 30.5 Å². The zero-order valence-electron chi connectivity index (χ0n) is 10.7. The molecule has 7 heteroatoms. The third-order valence-corrected chi connectivity index (χ3v) is 4.99.